The molecule has 1 aliphatic rings. The molecule has 1 aliphatic heterocycles. The Morgan fingerprint density at radius 3 is 2.38 bits per heavy atom. The van der Waals surface area contributed by atoms with Crippen molar-refractivity contribution in [1.82, 2.24) is 0 Å². The Morgan fingerprint density at radius 1 is 1.46 bits per heavy atom. The van der Waals surface area contributed by atoms with Gasteiger partial charge in [-0.2, -0.15) is 0 Å². The molecule has 1 rings (SSSR count). The van der Waals surface area contributed by atoms with Crippen LogP contribution in [0.4, 0.5) is 0 Å². The van der Waals surface area contributed by atoms with Crippen LogP contribution in [-0.4, -0.2) is 30.3 Å². The zero-order chi connectivity index (χ0) is 9.90. The van der Waals surface area contributed by atoms with Crippen LogP contribution in [0.2, 0.25) is 0 Å². The smallest absolute Gasteiger partial charge is 0.0798 e. The van der Waals surface area contributed by atoms with E-state index in [4.69, 9.17) is 0 Å². The summed E-state index contributed by atoms with van der Waals surface area (Å²) in [6.45, 7) is 11.5. The first-order chi connectivity index (χ1) is 6.06. The zero-order valence-corrected chi connectivity index (χ0v) is 8.90. The normalized spacial score (nSPS) is 34.5. The third kappa shape index (κ3) is 3.12. The molecule has 0 atom stereocenters. The van der Waals surface area contributed by atoms with E-state index in [2.05, 4.69) is 13.5 Å². The number of rotatable bonds is 3. The molecule has 1 heterocycles. The van der Waals surface area contributed by atoms with Crippen molar-refractivity contribution in [2.75, 3.05) is 19.6 Å². The standard InChI is InChI=1S/C11H21NO/c1-4-12-7-5-11(13,6-8-12)9-10(2)3/h13H,2,4-9H2,1,3H3/p+1. The van der Waals surface area contributed by atoms with Gasteiger partial charge in [-0.1, -0.05) is 5.57 Å². The van der Waals surface area contributed by atoms with Crippen LogP contribution in [-0.2, 0) is 0 Å². The van der Waals surface area contributed by atoms with Gasteiger partial charge in [0.1, 0.15) is 0 Å². The van der Waals surface area contributed by atoms with Gasteiger partial charge < -0.3 is 10.0 Å². The molecule has 0 saturated carbocycles. The Labute approximate surface area is 81.2 Å². The summed E-state index contributed by atoms with van der Waals surface area (Å²) in [5.41, 5.74) is 0.660. The minimum Gasteiger partial charge on any atom is -0.389 e. The van der Waals surface area contributed by atoms with Gasteiger partial charge in [-0.05, 0) is 20.3 Å². The highest BCUT2D eigenvalue weighted by Crippen LogP contribution is 2.23. The van der Waals surface area contributed by atoms with Crippen LogP contribution in [0.15, 0.2) is 12.2 Å². The number of hydrogen-bond acceptors (Lipinski definition) is 1. The van der Waals surface area contributed by atoms with Gasteiger partial charge in [0.15, 0.2) is 0 Å². The summed E-state index contributed by atoms with van der Waals surface area (Å²) in [6.07, 6.45) is 2.65. The highest BCUT2D eigenvalue weighted by atomic mass is 16.3. The van der Waals surface area contributed by atoms with Gasteiger partial charge in [-0.3, -0.25) is 0 Å². The number of aliphatic hydroxyl groups is 1. The molecule has 2 nitrogen and oxygen atoms in total. The van der Waals surface area contributed by atoms with Crippen molar-refractivity contribution in [3.63, 3.8) is 0 Å². The van der Waals surface area contributed by atoms with Crippen molar-refractivity contribution in [1.29, 1.82) is 0 Å². The lowest BCUT2D eigenvalue weighted by Gasteiger charge is -2.35. The number of likely N-dealkylation sites (tertiary alicyclic amines) is 1. The molecule has 0 amide bonds. The van der Waals surface area contributed by atoms with Crippen LogP contribution in [0.3, 0.4) is 0 Å². The number of hydrogen-bond donors (Lipinski definition) is 2. The molecule has 0 aromatic rings. The van der Waals surface area contributed by atoms with Crippen molar-refractivity contribution >= 4 is 0 Å². The summed E-state index contributed by atoms with van der Waals surface area (Å²) in [5, 5.41) is 10.2. The topological polar surface area (TPSA) is 24.7 Å². The molecule has 2 N–H and O–H groups in total. The SMILES string of the molecule is C=C(C)CC1(O)CC[NH+](CC)CC1. The molecule has 2 heteroatoms. The van der Waals surface area contributed by atoms with Gasteiger partial charge in [0.05, 0.1) is 25.2 Å². The van der Waals surface area contributed by atoms with E-state index >= 15 is 0 Å². The van der Waals surface area contributed by atoms with Gasteiger partial charge in [0.2, 0.25) is 0 Å². The van der Waals surface area contributed by atoms with Gasteiger partial charge in [-0.25, -0.2) is 0 Å². The Kier molecular flexibility index (Phi) is 3.51. The van der Waals surface area contributed by atoms with Crippen molar-refractivity contribution in [3.8, 4) is 0 Å². The van der Waals surface area contributed by atoms with E-state index in [9.17, 15) is 5.11 Å². The molecule has 76 valence electrons. The lowest BCUT2D eigenvalue weighted by atomic mass is 9.86. The fraction of sp³-hybridized carbons (Fsp3) is 0.818. The Balaban J connectivity index is 2.41. The number of nitrogens with one attached hydrogen (secondary N) is 1. The highest BCUT2D eigenvalue weighted by molar-refractivity contribution is 4.98. The maximum absolute atomic E-state index is 10.2. The zero-order valence-electron chi connectivity index (χ0n) is 8.90. The monoisotopic (exact) mass is 184 g/mol. The molecule has 13 heavy (non-hydrogen) atoms. The molecule has 0 spiro atoms. The molecule has 1 saturated heterocycles. The molecule has 0 radical (unpaired) electrons. The fourth-order valence-corrected chi connectivity index (χ4v) is 2.16. The first kappa shape index (κ1) is 10.7. The average Bonchev–Trinajstić information content (AvgIpc) is 2.04. The molecule has 0 bridgehead atoms. The minimum absolute atomic E-state index is 0.440. The Morgan fingerprint density at radius 2 is 2.00 bits per heavy atom. The molecule has 0 unspecified atom stereocenters. The van der Waals surface area contributed by atoms with Crippen LogP contribution in [0.1, 0.15) is 33.1 Å². The molecular weight excluding hydrogens is 162 g/mol. The minimum atomic E-state index is -0.440. The van der Waals surface area contributed by atoms with E-state index in [0.717, 1.165) is 37.9 Å². The van der Waals surface area contributed by atoms with Crippen LogP contribution in [0.5, 0.6) is 0 Å². The van der Waals surface area contributed by atoms with Crippen molar-refractivity contribution in [2.24, 2.45) is 0 Å². The Bertz CT molecular complexity index is 181. The molecular formula is C11H22NO+. The summed E-state index contributed by atoms with van der Waals surface area (Å²) in [4.78, 5) is 1.62. The van der Waals surface area contributed by atoms with Crippen LogP contribution < -0.4 is 4.90 Å². The van der Waals surface area contributed by atoms with Crippen molar-refractivity contribution < 1.29 is 10.0 Å². The summed E-state index contributed by atoms with van der Waals surface area (Å²) >= 11 is 0. The molecule has 0 aromatic heterocycles. The lowest BCUT2D eigenvalue weighted by Crippen LogP contribution is -3.13. The third-order valence-corrected chi connectivity index (χ3v) is 3.02. The summed E-state index contributed by atoms with van der Waals surface area (Å²) < 4.78 is 0. The van der Waals surface area contributed by atoms with Gasteiger partial charge in [-0.15, -0.1) is 6.58 Å². The van der Waals surface area contributed by atoms with E-state index in [0.29, 0.717) is 0 Å². The van der Waals surface area contributed by atoms with E-state index in [1.54, 1.807) is 4.90 Å². The highest BCUT2D eigenvalue weighted by Gasteiger charge is 2.33. The van der Waals surface area contributed by atoms with E-state index in [-0.39, 0.29) is 0 Å². The predicted octanol–water partition coefficient (Wildman–Crippen LogP) is 0.382. The summed E-state index contributed by atoms with van der Waals surface area (Å²) in [5.74, 6) is 0. The lowest BCUT2D eigenvalue weighted by molar-refractivity contribution is -0.905. The summed E-state index contributed by atoms with van der Waals surface area (Å²) in [7, 11) is 0. The van der Waals surface area contributed by atoms with Crippen LogP contribution in [0, 0.1) is 0 Å². The third-order valence-electron chi connectivity index (χ3n) is 3.02. The van der Waals surface area contributed by atoms with Gasteiger partial charge in [0, 0.05) is 12.8 Å². The second-order valence-corrected chi connectivity index (χ2v) is 4.46. The average molecular weight is 184 g/mol. The summed E-state index contributed by atoms with van der Waals surface area (Å²) in [6, 6.07) is 0. The second-order valence-electron chi connectivity index (χ2n) is 4.46. The first-order valence-electron chi connectivity index (χ1n) is 5.26. The molecule has 0 aromatic carbocycles. The van der Waals surface area contributed by atoms with E-state index in [1.165, 1.54) is 6.54 Å². The number of piperidine rings is 1. The predicted molar refractivity (Wildman–Crippen MR) is 54.9 cm³/mol. The van der Waals surface area contributed by atoms with Crippen molar-refractivity contribution in [3.05, 3.63) is 12.2 Å². The molecule has 1 fully saturated rings. The maximum atomic E-state index is 10.2. The first-order valence-corrected chi connectivity index (χ1v) is 5.26. The van der Waals surface area contributed by atoms with E-state index in [1.807, 2.05) is 6.92 Å². The molecule has 0 aliphatic carbocycles. The van der Waals surface area contributed by atoms with Crippen LogP contribution in [0.25, 0.3) is 0 Å². The second kappa shape index (κ2) is 4.25. The Hall–Kier alpha value is -0.340. The van der Waals surface area contributed by atoms with Crippen molar-refractivity contribution in [2.45, 2.75) is 38.7 Å². The fourth-order valence-electron chi connectivity index (χ4n) is 2.16. The largest absolute Gasteiger partial charge is 0.389 e. The van der Waals surface area contributed by atoms with Gasteiger partial charge >= 0.3 is 0 Å². The number of quaternary nitrogens is 1. The van der Waals surface area contributed by atoms with E-state index < -0.39 is 5.60 Å². The quantitative estimate of drug-likeness (QED) is 0.609. The van der Waals surface area contributed by atoms with Gasteiger partial charge in [0.25, 0.3) is 0 Å². The van der Waals surface area contributed by atoms with Crippen LogP contribution >= 0.6 is 0 Å². The maximum Gasteiger partial charge on any atom is 0.0798 e.